The Morgan fingerprint density at radius 3 is 2.69 bits per heavy atom. The van der Waals surface area contributed by atoms with Gasteiger partial charge in [-0.3, -0.25) is 14.5 Å². The number of hydrogen-bond donors (Lipinski definition) is 0. The minimum Gasteiger partial charge on any atom is -0.488 e. The molecule has 0 aromatic heterocycles. The van der Waals surface area contributed by atoms with Crippen molar-refractivity contribution in [1.29, 1.82) is 0 Å². The topological polar surface area (TPSA) is 46.6 Å². The zero-order chi connectivity index (χ0) is 18.5. The van der Waals surface area contributed by atoms with E-state index in [1.165, 1.54) is 10.5 Å². The van der Waals surface area contributed by atoms with Crippen LogP contribution in [0.25, 0.3) is 6.08 Å². The number of carbonyl (C=O) groups excluding carboxylic acids is 2. The highest BCUT2D eigenvalue weighted by Gasteiger charge is 2.34. The van der Waals surface area contributed by atoms with Crippen molar-refractivity contribution in [1.82, 2.24) is 4.90 Å². The van der Waals surface area contributed by atoms with Crippen molar-refractivity contribution in [2.75, 3.05) is 6.54 Å². The summed E-state index contributed by atoms with van der Waals surface area (Å²) in [5.41, 5.74) is 3.06. The summed E-state index contributed by atoms with van der Waals surface area (Å²) in [6.07, 6.45) is 2.49. The average molecular weight is 367 g/mol. The van der Waals surface area contributed by atoms with E-state index in [0.29, 0.717) is 23.8 Å². The Morgan fingerprint density at radius 2 is 1.92 bits per heavy atom. The van der Waals surface area contributed by atoms with Gasteiger partial charge in [-0.1, -0.05) is 55.0 Å². The number of aryl methyl sites for hydroxylation is 1. The summed E-state index contributed by atoms with van der Waals surface area (Å²) < 4.78 is 5.96. The maximum atomic E-state index is 12.4. The summed E-state index contributed by atoms with van der Waals surface area (Å²) in [5.74, 6) is 0.464. The van der Waals surface area contributed by atoms with Gasteiger partial charge in [-0.25, -0.2) is 0 Å². The first kappa shape index (κ1) is 18.3. The van der Waals surface area contributed by atoms with E-state index in [1.807, 2.05) is 56.3 Å². The van der Waals surface area contributed by atoms with Gasteiger partial charge in [0.2, 0.25) is 0 Å². The Hall–Kier alpha value is -2.53. The van der Waals surface area contributed by atoms with Crippen LogP contribution in [0.15, 0.2) is 53.4 Å². The van der Waals surface area contributed by atoms with Gasteiger partial charge < -0.3 is 4.74 Å². The van der Waals surface area contributed by atoms with Crippen LogP contribution in [-0.4, -0.2) is 22.6 Å². The number of ether oxygens (including phenoxy) is 1. The van der Waals surface area contributed by atoms with E-state index in [-0.39, 0.29) is 11.1 Å². The lowest BCUT2D eigenvalue weighted by molar-refractivity contribution is -0.122. The molecular formula is C21H21NO3S. The zero-order valence-corrected chi connectivity index (χ0v) is 15.7. The number of imide groups is 1. The van der Waals surface area contributed by atoms with Crippen molar-refractivity contribution in [3.63, 3.8) is 0 Å². The van der Waals surface area contributed by atoms with Crippen LogP contribution in [0.1, 0.15) is 30.0 Å². The molecule has 0 N–H and O–H groups in total. The molecule has 2 aromatic carbocycles. The molecule has 1 fully saturated rings. The van der Waals surface area contributed by atoms with E-state index >= 15 is 0 Å². The molecule has 3 rings (SSSR count). The summed E-state index contributed by atoms with van der Waals surface area (Å²) in [6, 6.07) is 15.7. The van der Waals surface area contributed by atoms with Crippen LogP contribution in [0, 0.1) is 6.92 Å². The summed E-state index contributed by atoms with van der Waals surface area (Å²) in [6.45, 7) is 4.89. The first-order valence-electron chi connectivity index (χ1n) is 8.61. The molecule has 1 saturated heterocycles. The quantitative estimate of drug-likeness (QED) is 0.673. The minimum absolute atomic E-state index is 0.207. The van der Waals surface area contributed by atoms with Crippen LogP contribution in [-0.2, 0) is 11.4 Å². The molecule has 4 nitrogen and oxygen atoms in total. The number of carbonyl (C=O) groups is 2. The number of amides is 2. The fraction of sp³-hybridized carbons (Fsp3) is 0.238. The van der Waals surface area contributed by atoms with Gasteiger partial charge in [0.1, 0.15) is 12.4 Å². The molecule has 0 saturated carbocycles. The number of thioether (sulfide) groups is 1. The Kier molecular flexibility index (Phi) is 5.78. The molecule has 2 aromatic rings. The third-order valence-corrected chi connectivity index (χ3v) is 4.91. The molecule has 1 heterocycles. The standard InChI is InChI=1S/C21H21NO3S/c1-3-11-22-20(23)19(26-21(22)24)13-17-9-4-5-10-18(17)25-14-16-8-6-7-15(2)12-16/h4-10,12-13H,3,11,14H2,1-2H3/b19-13+. The normalized spacial score (nSPS) is 15.8. The Labute approximate surface area is 157 Å². The van der Waals surface area contributed by atoms with Crippen molar-refractivity contribution >= 4 is 29.0 Å². The van der Waals surface area contributed by atoms with E-state index in [0.717, 1.165) is 29.3 Å². The molecule has 0 spiro atoms. The average Bonchev–Trinajstić information content (AvgIpc) is 2.89. The Morgan fingerprint density at radius 1 is 1.12 bits per heavy atom. The van der Waals surface area contributed by atoms with Crippen LogP contribution in [0.2, 0.25) is 0 Å². The number of para-hydroxylation sites is 1. The molecule has 1 aliphatic rings. The van der Waals surface area contributed by atoms with Crippen LogP contribution in [0.4, 0.5) is 4.79 Å². The predicted octanol–water partition coefficient (Wildman–Crippen LogP) is 5.02. The molecule has 26 heavy (non-hydrogen) atoms. The minimum atomic E-state index is -0.227. The largest absolute Gasteiger partial charge is 0.488 e. The smallest absolute Gasteiger partial charge is 0.293 e. The maximum absolute atomic E-state index is 12.4. The number of hydrogen-bond acceptors (Lipinski definition) is 4. The molecule has 134 valence electrons. The molecular weight excluding hydrogens is 346 g/mol. The van der Waals surface area contributed by atoms with Gasteiger partial charge in [0.15, 0.2) is 0 Å². The van der Waals surface area contributed by atoms with Gasteiger partial charge in [-0.2, -0.15) is 0 Å². The van der Waals surface area contributed by atoms with Crippen molar-refractivity contribution < 1.29 is 14.3 Å². The highest BCUT2D eigenvalue weighted by molar-refractivity contribution is 8.18. The first-order chi connectivity index (χ1) is 12.6. The first-order valence-corrected chi connectivity index (χ1v) is 9.43. The molecule has 0 aliphatic carbocycles. The van der Waals surface area contributed by atoms with Crippen LogP contribution in [0.5, 0.6) is 5.75 Å². The van der Waals surface area contributed by atoms with Gasteiger partial charge in [0.05, 0.1) is 4.91 Å². The third-order valence-electron chi connectivity index (χ3n) is 4.00. The maximum Gasteiger partial charge on any atom is 0.293 e. The van der Waals surface area contributed by atoms with Crippen molar-refractivity contribution in [3.05, 3.63) is 70.1 Å². The lowest BCUT2D eigenvalue weighted by atomic mass is 10.1. The number of nitrogens with zero attached hydrogens (tertiary/aromatic N) is 1. The second-order valence-electron chi connectivity index (χ2n) is 6.15. The highest BCUT2D eigenvalue weighted by atomic mass is 32.2. The second kappa shape index (κ2) is 8.23. The van der Waals surface area contributed by atoms with Crippen LogP contribution in [0.3, 0.4) is 0 Å². The lowest BCUT2D eigenvalue weighted by Crippen LogP contribution is -2.28. The summed E-state index contributed by atoms with van der Waals surface area (Å²) in [7, 11) is 0. The van der Waals surface area contributed by atoms with Crippen LogP contribution >= 0.6 is 11.8 Å². The molecule has 0 atom stereocenters. The second-order valence-corrected chi connectivity index (χ2v) is 7.14. The van der Waals surface area contributed by atoms with E-state index in [1.54, 1.807) is 6.08 Å². The molecule has 5 heteroatoms. The number of rotatable bonds is 6. The summed E-state index contributed by atoms with van der Waals surface area (Å²) >= 11 is 0.985. The predicted molar refractivity (Wildman–Crippen MR) is 105 cm³/mol. The lowest BCUT2D eigenvalue weighted by Gasteiger charge is -2.11. The van der Waals surface area contributed by atoms with Crippen molar-refractivity contribution in [2.45, 2.75) is 26.9 Å². The van der Waals surface area contributed by atoms with Gasteiger partial charge in [-0.15, -0.1) is 0 Å². The molecule has 0 unspecified atom stereocenters. The van der Waals surface area contributed by atoms with Gasteiger partial charge in [0, 0.05) is 12.1 Å². The monoisotopic (exact) mass is 367 g/mol. The van der Waals surface area contributed by atoms with E-state index in [2.05, 4.69) is 6.07 Å². The van der Waals surface area contributed by atoms with Gasteiger partial charge in [-0.05, 0) is 42.8 Å². The van der Waals surface area contributed by atoms with E-state index in [4.69, 9.17) is 4.74 Å². The number of benzene rings is 2. The van der Waals surface area contributed by atoms with E-state index in [9.17, 15) is 9.59 Å². The summed E-state index contributed by atoms with van der Waals surface area (Å²) in [5, 5.41) is -0.207. The Bertz CT molecular complexity index is 860. The summed E-state index contributed by atoms with van der Waals surface area (Å²) in [4.78, 5) is 26.2. The molecule has 0 radical (unpaired) electrons. The molecule has 0 bridgehead atoms. The van der Waals surface area contributed by atoms with Crippen LogP contribution < -0.4 is 4.74 Å². The fourth-order valence-electron chi connectivity index (χ4n) is 2.75. The molecule has 1 aliphatic heterocycles. The highest BCUT2D eigenvalue weighted by Crippen LogP contribution is 2.34. The van der Waals surface area contributed by atoms with Gasteiger partial charge >= 0.3 is 0 Å². The van der Waals surface area contributed by atoms with Crippen molar-refractivity contribution in [2.24, 2.45) is 0 Å². The fourth-order valence-corrected chi connectivity index (χ4v) is 3.61. The Balaban J connectivity index is 1.79. The van der Waals surface area contributed by atoms with E-state index < -0.39 is 0 Å². The SMILES string of the molecule is CCCN1C(=O)S/C(=C/c2ccccc2OCc2cccc(C)c2)C1=O. The zero-order valence-electron chi connectivity index (χ0n) is 14.9. The third kappa shape index (κ3) is 4.17. The van der Waals surface area contributed by atoms with Crippen molar-refractivity contribution in [3.8, 4) is 5.75 Å². The molecule has 2 amide bonds. The van der Waals surface area contributed by atoms with Gasteiger partial charge in [0.25, 0.3) is 11.1 Å².